The largest absolute Gasteiger partial charge is 0.331 e. The van der Waals surface area contributed by atoms with E-state index in [1.807, 2.05) is 62.4 Å². The zero-order valence-electron chi connectivity index (χ0n) is 11.9. The van der Waals surface area contributed by atoms with Crippen LogP contribution >= 0.6 is 23.8 Å². The van der Waals surface area contributed by atoms with Crippen LogP contribution < -0.4 is 10.7 Å². The summed E-state index contributed by atoms with van der Waals surface area (Å²) in [7, 11) is 0. The van der Waals surface area contributed by atoms with Crippen molar-refractivity contribution in [3.05, 3.63) is 64.7 Å². The van der Waals surface area contributed by atoms with Gasteiger partial charge in [0.2, 0.25) is 0 Å². The van der Waals surface area contributed by atoms with Crippen molar-refractivity contribution in [1.82, 2.24) is 5.43 Å². The van der Waals surface area contributed by atoms with Crippen molar-refractivity contribution in [2.45, 2.75) is 13.8 Å². The number of hydrogen-bond acceptors (Lipinski definition) is 2. The highest BCUT2D eigenvalue weighted by molar-refractivity contribution is 7.80. The molecule has 108 valence electrons. The summed E-state index contributed by atoms with van der Waals surface area (Å²) in [5.74, 6) is 0. The number of nitrogens with zero attached hydrogens (tertiary/aromatic N) is 1. The number of hydrogen-bond donors (Lipinski definition) is 2. The van der Waals surface area contributed by atoms with E-state index < -0.39 is 0 Å². The molecule has 0 amide bonds. The molecule has 0 bridgehead atoms. The molecular formula is C16H16ClN3S. The number of halogens is 1. The first-order chi connectivity index (χ1) is 10.1. The smallest absolute Gasteiger partial charge is 0.191 e. The minimum Gasteiger partial charge on any atom is -0.331 e. The van der Waals surface area contributed by atoms with E-state index in [4.69, 9.17) is 23.8 Å². The molecule has 0 radical (unpaired) electrons. The summed E-state index contributed by atoms with van der Waals surface area (Å²) in [5.41, 5.74) is 6.76. The molecule has 5 heteroatoms. The van der Waals surface area contributed by atoms with Gasteiger partial charge in [0.05, 0.1) is 5.71 Å². The molecule has 21 heavy (non-hydrogen) atoms. The molecule has 2 aromatic rings. The van der Waals surface area contributed by atoms with Gasteiger partial charge in [-0.25, -0.2) is 0 Å². The topological polar surface area (TPSA) is 36.4 Å². The van der Waals surface area contributed by atoms with Crippen molar-refractivity contribution in [2.24, 2.45) is 5.10 Å². The van der Waals surface area contributed by atoms with Crippen LogP contribution in [0, 0.1) is 6.92 Å². The minimum absolute atomic E-state index is 0.456. The second-order valence-electron chi connectivity index (χ2n) is 4.58. The first-order valence-corrected chi connectivity index (χ1v) is 7.28. The van der Waals surface area contributed by atoms with Crippen molar-refractivity contribution < 1.29 is 0 Å². The van der Waals surface area contributed by atoms with E-state index in [2.05, 4.69) is 15.8 Å². The number of benzene rings is 2. The molecule has 0 fully saturated rings. The Labute approximate surface area is 135 Å². The Hall–Kier alpha value is -1.91. The van der Waals surface area contributed by atoms with E-state index in [-0.39, 0.29) is 0 Å². The summed E-state index contributed by atoms with van der Waals surface area (Å²) in [6, 6.07) is 15.4. The van der Waals surface area contributed by atoms with Gasteiger partial charge in [-0.15, -0.1) is 0 Å². The van der Waals surface area contributed by atoms with Crippen LogP contribution in [0.5, 0.6) is 0 Å². The Morgan fingerprint density at radius 1 is 1.10 bits per heavy atom. The lowest BCUT2D eigenvalue weighted by Gasteiger charge is -2.10. The van der Waals surface area contributed by atoms with Gasteiger partial charge in [-0.3, -0.25) is 5.43 Å². The maximum absolute atomic E-state index is 5.86. The van der Waals surface area contributed by atoms with E-state index in [9.17, 15) is 0 Å². The van der Waals surface area contributed by atoms with Crippen molar-refractivity contribution in [1.29, 1.82) is 0 Å². The lowest BCUT2D eigenvalue weighted by atomic mass is 10.1. The highest BCUT2D eigenvalue weighted by atomic mass is 35.5. The molecule has 0 spiro atoms. The predicted octanol–water partition coefficient (Wildman–Crippen LogP) is 4.36. The molecule has 0 heterocycles. The standard InChI is InChI=1S/C16H16ClN3S/c1-11-5-3-4-6-15(11)18-16(21)20-19-12(2)13-7-9-14(17)10-8-13/h3-10H,1-2H3,(H2,18,20,21)/b19-12-. The van der Waals surface area contributed by atoms with Gasteiger partial charge in [0.1, 0.15) is 0 Å². The first kappa shape index (κ1) is 15.5. The number of aryl methyl sites for hydroxylation is 1. The fourth-order valence-electron chi connectivity index (χ4n) is 1.75. The van der Waals surface area contributed by atoms with Gasteiger partial charge >= 0.3 is 0 Å². The molecule has 0 aliphatic rings. The molecule has 0 saturated heterocycles. The maximum Gasteiger partial charge on any atom is 0.191 e. The second-order valence-corrected chi connectivity index (χ2v) is 5.43. The van der Waals surface area contributed by atoms with Crippen LogP contribution in [-0.4, -0.2) is 10.8 Å². The van der Waals surface area contributed by atoms with E-state index in [1.165, 1.54) is 0 Å². The van der Waals surface area contributed by atoms with Gasteiger partial charge < -0.3 is 5.32 Å². The fourth-order valence-corrected chi connectivity index (χ4v) is 2.04. The third-order valence-corrected chi connectivity index (χ3v) is 3.43. The van der Waals surface area contributed by atoms with Gasteiger partial charge in [0.25, 0.3) is 0 Å². The van der Waals surface area contributed by atoms with Crippen LogP contribution in [0.4, 0.5) is 5.69 Å². The van der Waals surface area contributed by atoms with Crippen LogP contribution in [0.3, 0.4) is 0 Å². The Morgan fingerprint density at radius 2 is 1.76 bits per heavy atom. The van der Waals surface area contributed by atoms with E-state index in [0.717, 1.165) is 22.5 Å². The molecule has 0 aliphatic heterocycles. The molecule has 3 nitrogen and oxygen atoms in total. The van der Waals surface area contributed by atoms with Gasteiger partial charge in [-0.2, -0.15) is 5.10 Å². The third kappa shape index (κ3) is 4.55. The molecule has 0 saturated carbocycles. The number of thiocarbonyl (C=S) groups is 1. The molecule has 2 N–H and O–H groups in total. The lowest BCUT2D eigenvalue weighted by molar-refractivity contribution is 1.04. The monoisotopic (exact) mass is 317 g/mol. The summed E-state index contributed by atoms with van der Waals surface area (Å²) >= 11 is 11.1. The van der Waals surface area contributed by atoms with Gasteiger partial charge in [0.15, 0.2) is 5.11 Å². The SMILES string of the molecule is C/C(=N/NC(=S)Nc1ccccc1C)c1ccc(Cl)cc1. The summed E-state index contributed by atoms with van der Waals surface area (Å²) in [5, 5.41) is 8.55. The summed E-state index contributed by atoms with van der Waals surface area (Å²) in [6.45, 7) is 3.93. The van der Waals surface area contributed by atoms with Crippen LogP contribution in [0.2, 0.25) is 5.02 Å². The van der Waals surface area contributed by atoms with Crippen LogP contribution in [0.1, 0.15) is 18.1 Å². The highest BCUT2D eigenvalue weighted by Gasteiger charge is 2.01. The number of anilines is 1. The van der Waals surface area contributed by atoms with Gasteiger partial charge in [-0.05, 0) is 55.4 Å². The Morgan fingerprint density at radius 3 is 2.43 bits per heavy atom. The third-order valence-electron chi connectivity index (χ3n) is 2.98. The van der Waals surface area contributed by atoms with Gasteiger partial charge in [0, 0.05) is 10.7 Å². The molecule has 0 atom stereocenters. The maximum atomic E-state index is 5.86. The van der Waals surface area contributed by atoms with Crippen LogP contribution in [0.15, 0.2) is 53.6 Å². The minimum atomic E-state index is 0.456. The Balaban J connectivity index is 1.98. The first-order valence-electron chi connectivity index (χ1n) is 6.49. The van der Waals surface area contributed by atoms with Crippen molar-refractivity contribution in [2.75, 3.05) is 5.32 Å². The van der Waals surface area contributed by atoms with Crippen molar-refractivity contribution in [3.8, 4) is 0 Å². The van der Waals surface area contributed by atoms with Crippen LogP contribution in [-0.2, 0) is 0 Å². The highest BCUT2D eigenvalue weighted by Crippen LogP contribution is 2.13. The Kier molecular flexibility index (Phi) is 5.31. The summed E-state index contributed by atoms with van der Waals surface area (Å²) in [6.07, 6.45) is 0. The number of rotatable bonds is 3. The van der Waals surface area contributed by atoms with Crippen LogP contribution in [0.25, 0.3) is 0 Å². The molecule has 0 aliphatic carbocycles. The predicted molar refractivity (Wildman–Crippen MR) is 94.2 cm³/mol. The quantitative estimate of drug-likeness (QED) is 0.502. The zero-order valence-corrected chi connectivity index (χ0v) is 13.4. The number of para-hydroxylation sites is 1. The molecule has 2 rings (SSSR count). The molecular weight excluding hydrogens is 302 g/mol. The van der Waals surface area contributed by atoms with E-state index in [1.54, 1.807) is 0 Å². The number of hydrazone groups is 1. The number of nitrogens with one attached hydrogen (secondary N) is 2. The molecule has 2 aromatic carbocycles. The fraction of sp³-hybridized carbons (Fsp3) is 0.125. The zero-order chi connectivity index (χ0) is 15.2. The summed E-state index contributed by atoms with van der Waals surface area (Å²) in [4.78, 5) is 0. The van der Waals surface area contributed by atoms with Crippen molar-refractivity contribution >= 4 is 40.3 Å². The normalized spacial score (nSPS) is 11.1. The van der Waals surface area contributed by atoms with E-state index in [0.29, 0.717) is 10.1 Å². The molecule has 0 unspecified atom stereocenters. The Bertz CT molecular complexity index is 665. The van der Waals surface area contributed by atoms with Crippen molar-refractivity contribution in [3.63, 3.8) is 0 Å². The molecule has 0 aromatic heterocycles. The average Bonchev–Trinajstić information content (AvgIpc) is 2.48. The van der Waals surface area contributed by atoms with E-state index >= 15 is 0 Å². The lowest BCUT2D eigenvalue weighted by Crippen LogP contribution is -2.25. The second kappa shape index (κ2) is 7.20. The van der Waals surface area contributed by atoms with Gasteiger partial charge in [-0.1, -0.05) is 41.9 Å². The average molecular weight is 318 g/mol. The summed E-state index contributed by atoms with van der Waals surface area (Å²) < 4.78 is 0.